The van der Waals surface area contributed by atoms with E-state index < -0.39 is 0 Å². The number of nitrogens with zero attached hydrogens (tertiary/aromatic N) is 2. The fourth-order valence-corrected chi connectivity index (χ4v) is 1.57. The Kier molecular flexibility index (Phi) is 3.15. The van der Waals surface area contributed by atoms with Crippen molar-refractivity contribution in [1.82, 2.24) is 9.97 Å². The van der Waals surface area contributed by atoms with Gasteiger partial charge >= 0.3 is 0 Å². The highest BCUT2D eigenvalue weighted by Crippen LogP contribution is 2.13. The molecule has 0 atom stereocenters. The lowest BCUT2D eigenvalue weighted by atomic mass is 10.2. The molecule has 2 aromatic rings. The molecule has 82 valence electrons. The van der Waals surface area contributed by atoms with Gasteiger partial charge in [0, 0.05) is 24.6 Å². The van der Waals surface area contributed by atoms with Crippen molar-refractivity contribution in [2.45, 2.75) is 20.4 Å². The Balaban J connectivity index is 2.05. The van der Waals surface area contributed by atoms with Gasteiger partial charge in [0.05, 0.1) is 11.4 Å². The first-order valence-corrected chi connectivity index (χ1v) is 5.33. The maximum absolute atomic E-state index is 4.41. The van der Waals surface area contributed by atoms with Gasteiger partial charge in [0.15, 0.2) is 0 Å². The van der Waals surface area contributed by atoms with Crippen molar-refractivity contribution in [2.75, 3.05) is 5.32 Å². The number of hydrogen-bond donors (Lipinski definition) is 1. The van der Waals surface area contributed by atoms with Crippen molar-refractivity contribution in [3.05, 3.63) is 53.6 Å². The molecule has 0 saturated heterocycles. The zero-order valence-electron chi connectivity index (χ0n) is 9.57. The molecule has 0 saturated carbocycles. The molecule has 16 heavy (non-hydrogen) atoms. The van der Waals surface area contributed by atoms with Crippen LogP contribution in [-0.4, -0.2) is 9.97 Å². The van der Waals surface area contributed by atoms with Crippen LogP contribution in [0.3, 0.4) is 0 Å². The minimum absolute atomic E-state index is 0.800. The monoisotopic (exact) mass is 213 g/mol. The van der Waals surface area contributed by atoms with Crippen molar-refractivity contribution >= 4 is 5.69 Å². The van der Waals surface area contributed by atoms with Gasteiger partial charge in [-0.2, -0.15) is 0 Å². The number of hydrogen-bond acceptors (Lipinski definition) is 3. The number of aryl methyl sites for hydroxylation is 2. The van der Waals surface area contributed by atoms with Crippen LogP contribution in [-0.2, 0) is 6.54 Å². The summed E-state index contributed by atoms with van der Waals surface area (Å²) >= 11 is 0. The molecule has 0 radical (unpaired) electrons. The predicted octanol–water partition coefficient (Wildman–Crippen LogP) is 2.71. The summed E-state index contributed by atoms with van der Waals surface area (Å²) in [6.45, 7) is 4.82. The Hall–Kier alpha value is -1.90. The van der Waals surface area contributed by atoms with Gasteiger partial charge in [0.1, 0.15) is 0 Å². The number of aromatic nitrogens is 2. The van der Waals surface area contributed by atoms with Crippen molar-refractivity contribution < 1.29 is 0 Å². The highest BCUT2D eigenvalue weighted by Gasteiger charge is 1.99. The lowest BCUT2D eigenvalue weighted by Crippen LogP contribution is -2.02. The fraction of sp³-hybridized carbons (Fsp3) is 0.231. The number of nitrogens with one attached hydrogen (secondary N) is 1. The zero-order valence-corrected chi connectivity index (χ0v) is 9.57. The van der Waals surface area contributed by atoms with Gasteiger partial charge in [-0.3, -0.25) is 9.97 Å². The molecule has 0 unspecified atom stereocenters. The van der Waals surface area contributed by atoms with Crippen molar-refractivity contribution in [2.24, 2.45) is 0 Å². The standard InChI is InChI=1S/C13H15N3/c1-10-3-4-13(11(2)16-10)15-9-12-5-7-14-8-6-12/h3-8,15H,9H2,1-2H3. The summed E-state index contributed by atoms with van der Waals surface area (Å²) in [6, 6.07) is 8.09. The summed E-state index contributed by atoms with van der Waals surface area (Å²) in [4.78, 5) is 8.40. The molecule has 3 nitrogen and oxygen atoms in total. The molecule has 0 spiro atoms. The molecule has 1 N–H and O–H groups in total. The minimum atomic E-state index is 0.800. The van der Waals surface area contributed by atoms with E-state index in [2.05, 4.69) is 21.4 Å². The molecular weight excluding hydrogens is 198 g/mol. The molecule has 0 fully saturated rings. The van der Waals surface area contributed by atoms with E-state index in [1.54, 1.807) is 12.4 Å². The van der Waals surface area contributed by atoms with Crippen LogP contribution in [0.5, 0.6) is 0 Å². The Morgan fingerprint density at radius 1 is 1.06 bits per heavy atom. The molecular formula is C13H15N3. The molecule has 0 aliphatic rings. The topological polar surface area (TPSA) is 37.8 Å². The van der Waals surface area contributed by atoms with E-state index in [0.717, 1.165) is 23.6 Å². The largest absolute Gasteiger partial charge is 0.379 e. The van der Waals surface area contributed by atoms with Gasteiger partial charge in [-0.15, -0.1) is 0 Å². The van der Waals surface area contributed by atoms with Crippen LogP contribution in [0.4, 0.5) is 5.69 Å². The first-order valence-electron chi connectivity index (χ1n) is 5.33. The van der Waals surface area contributed by atoms with Gasteiger partial charge < -0.3 is 5.32 Å². The predicted molar refractivity (Wildman–Crippen MR) is 65.3 cm³/mol. The molecule has 0 aromatic carbocycles. The summed E-state index contributed by atoms with van der Waals surface area (Å²) in [6.07, 6.45) is 3.61. The van der Waals surface area contributed by atoms with Gasteiger partial charge in [-0.1, -0.05) is 0 Å². The van der Waals surface area contributed by atoms with Crippen molar-refractivity contribution in [3.8, 4) is 0 Å². The average Bonchev–Trinajstić information content (AvgIpc) is 2.29. The van der Waals surface area contributed by atoms with E-state index in [9.17, 15) is 0 Å². The van der Waals surface area contributed by atoms with Crippen LogP contribution in [0, 0.1) is 13.8 Å². The normalized spacial score (nSPS) is 10.1. The molecule has 0 bridgehead atoms. The van der Waals surface area contributed by atoms with Crippen LogP contribution in [0.2, 0.25) is 0 Å². The van der Waals surface area contributed by atoms with E-state index in [4.69, 9.17) is 0 Å². The summed E-state index contributed by atoms with van der Waals surface area (Å²) < 4.78 is 0. The highest BCUT2D eigenvalue weighted by molar-refractivity contribution is 5.48. The SMILES string of the molecule is Cc1ccc(NCc2ccncc2)c(C)n1. The molecule has 2 aromatic heterocycles. The Morgan fingerprint density at radius 3 is 2.50 bits per heavy atom. The second-order valence-corrected chi connectivity index (χ2v) is 3.79. The third-order valence-electron chi connectivity index (χ3n) is 2.46. The molecule has 0 aliphatic heterocycles. The second-order valence-electron chi connectivity index (χ2n) is 3.79. The van der Waals surface area contributed by atoms with E-state index >= 15 is 0 Å². The van der Waals surface area contributed by atoms with E-state index in [1.165, 1.54) is 5.56 Å². The fourth-order valence-electron chi connectivity index (χ4n) is 1.57. The average molecular weight is 213 g/mol. The maximum Gasteiger partial charge on any atom is 0.0606 e. The molecule has 2 rings (SSSR count). The number of pyridine rings is 2. The Labute approximate surface area is 95.6 Å². The summed E-state index contributed by atoms with van der Waals surface area (Å²) in [7, 11) is 0. The van der Waals surface area contributed by atoms with Gasteiger partial charge in [-0.05, 0) is 43.7 Å². The second kappa shape index (κ2) is 4.75. The third-order valence-corrected chi connectivity index (χ3v) is 2.46. The van der Waals surface area contributed by atoms with Crippen molar-refractivity contribution in [1.29, 1.82) is 0 Å². The highest BCUT2D eigenvalue weighted by atomic mass is 14.9. The molecule has 3 heteroatoms. The molecule has 0 aliphatic carbocycles. The van der Waals surface area contributed by atoms with Crippen LogP contribution >= 0.6 is 0 Å². The first kappa shape index (κ1) is 10.6. The van der Waals surface area contributed by atoms with E-state index in [1.807, 2.05) is 32.0 Å². The molecule has 2 heterocycles. The summed E-state index contributed by atoms with van der Waals surface area (Å²) in [5.41, 5.74) is 4.39. The van der Waals surface area contributed by atoms with Gasteiger partial charge in [-0.25, -0.2) is 0 Å². The maximum atomic E-state index is 4.41. The quantitative estimate of drug-likeness (QED) is 0.851. The lowest BCUT2D eigenvalue weighted by molar-refractivity contribution is 1.07. The van der Waals surface area contributed by atoms with Crippen LogP contribution < -0.4 is 5.32 Å². The van der Waals surface area contributed by atoms with E-state index in [-0.39, 0.29) is 0 Å². The first-order chi connectivity index (χ1) is 7.75. The van der Waals surface area contributed by atoms with Crippen LogP contribution in [0.15, 0.2) is 36.7 Å². The number of anilines is 1. The minimum Gasteiger partial charge on any atom is -0.379 e. The van der Waals surface area contributed by atoms with E-state index in [0.29, 0.717) is 0 Å². The lowest BCUT2D eigenvalue weighted by Gasteiger charge is -2.09. The third kappa shape index (κ3) is 2.57. The van der Waals surface area contributed by atoms with Gasteiger partial charge in [0.25, 0.3) is 0 Å². The van der Waals surface area contributed by atoms with Crippen molar-refractivity contribution in [3.63, 3.8) is 0 Å². The number of rotatable bonds is 3. The van der Waals surface area contributed by atoms with Crippen LogP contribution in [0.1, 0.15) is 17.0 Å². The molecule has 0 amide bonds. The zero-order chi connectivity index (χ0) is 11.4. The van der Waals surface area contributed by atoms with Gasteiger partial charge in [0.2, 0.25) is 0 Å². The Bertz CT molecular complexity index is 466. The van der Waals surface area contributed by atoms with Crippen LogP contribution in [0.25, 0.3) is 0 Å². The summed E-state index contributed by atoms with van der Waals surface area (Å²) in [5.74, 6) is 0. The summed E-state index contributed by atoms with van der Waals surface area (Å²) in [5, 5.41) is 3.37. The smallest absolute Gasteiger partial charge is 0.0606 e. The Morgan fingerprint density at radius 2 is 1.81 bits per heavy atom.